The van der Waals surface area contributed by atoms with E-state index in [1.165, 1.54) is 0 Å². The molecule has 2 aliphatic heterocycles. The van der Waals surface area contributed by atoms with Crippen LogP contribution in [0.4, 0.5) is 0 Å². The van der Waals surface area contributed by atoms with Crippen LogP contribution in [0.3, 0.4) is 0 Å². The number of ether oxygens (including phenoxy) is 3. The Morgan fingerprint density at radius 2 is 1.63 bits per heavy atom. The highest BCUT2D eigenvalue weighted by atomic mass is 16.5. The Hall–Kier alpha value is -3.36. The number of likely N-dealkylation sites (tertiary alicyclic amines) is 1. The van der Waals surface area contributed by atoms with Crippen LogP contribution in [0, 0.1) is 0 Å². The molecule has 1 unspecified atom stereocenters. The summed E-state index contributed by atoms with van der Waals surface area (Å²) in [6.45, 7) is 9.55. The van der Waals surface area contributed by atoms with Gasteiger partial charge >= 0.3 is 0 Å². The smallest absolute Gasteiger partial charge is 0.295 e. The third-order valence-electron chi connectivity index (χ3n) is 6.77. The zero-order chi connectivity index (χ0) is 26.9. The molecule has 0 saturated carbocycles. The van der Waals surface area contributed by atoms with Crippen LogP contribution in [-0.2, 0) is 14.3 Å². The lowest BCUT2D eigenvalue weighted by Gasteiger charge is -2.29. The van der Waals surface area contributed by atoms with Gasteiger partial charge in [-0.2, -0.15) is 0 Å². The monoisotopic (exact) mass is 522 g/mol. The minimum absolute atomic E-state index is 0.0937. The van der Waals surface area contributed by atoms with Crippen molar-refractivity contribution in [3.05, 3.63) is 65.2 Å². The molecule has 1 amide bonds. The molecular formula is C30H38N2O6. The number of Topliss-reactive ketones (excluding diaryl/α,β-unsaturated/α-hetero) is 1. The number of carbonyl (C=O) groups is 2. The average Bonchev–Trinajstić information content (AvgIpc) is 3.20. The first-order chi connectivity index (χ1) is 18.5. The molecule has 2 aliphatic rings. The van der Waals surface area contributed by atoms with Gasteiger partial charge in [-0.15, -0.1) is 0 Å². The Labute approximate surface area is 224 Å². The number of rotatable bonds is 12. The van der Waals surface area contributed by atoms with Crippen LogP contribution in [0.1, 0.15) is 50.3 Å². The van der Waals surface area contributed by atoms with Crippen molar-refractivity contribution in [3.63, 3.8) is 0 Å². The molecule has 2 aromatic rings. The van der Waals surface area contributed by atoms with Crippen molar-refractivity contribution < 1.29 is 28.9 Å². The molecule has 4 rings (SSSR count). The average molecular weight is 523 g/mol. The predicted molar refractivity (Wildman–Crippen MR) is 145 cm³/mol. The summed E-state index contributed by atoms with van der Waals surface area (Å²) in [4.78, 5) is 30.5. The van der Waals surface area contributed by atoms with Gasteiger partial charge in [-0.25, -0.2) is 0 Å². The molecule has 0 bridgehead atoms. The Balaban J connectivity index is 1.65. The van der Waals surface area contributed by atoms with Gasteiger partial charge in [0.1, 0.15) is 17.3 Å². The molecule has 2 heterocycles. The minimum Gasteiger partial charge on any atom is -0.507 e. The van der Waals surface area contributed by atoms with Crippen LogP contribution in [-0.4, -0.2) is 79.2 Å². The minimum atomic E-state index is -0.694. The summed E-state index contributed by atoms with van der Waals surface area (Å²) in [5.74, 6) is -0.143. The second kappa shape index (κ2) is 13.4. The predicted octanol–water partition coefficient (Wildman–Crippen LogP) is 4.41. The number of nitrogens with zero attached hydrogens (tertiary/aromatic N) is 2. The van der Waals surface area contributed by atoms with Crippen LogP contribution in [0.25, 0.3) is 5.76 Å². The van der Waals surface area contributed by atoms with Crippen molar-refractivity contribution in [2.45, 2.75) is 39.2 Å². The fraction of sp³-hybridized carbons (Fsp3) is 0.467. The second-order valence-electron chi connectivity index (χ2n) is 9.59. The van der Waals surface area contributed by atoms with E-state index in [9.17, 15) is 14.7 Å². The van der Waals surface area contributed by atoms with E-state index >= 15 is 0 Å². The second-order valence-corrected chi connectivity index (χ2v) is 9.59. The zero-order valence-corrected chi connectivity index (χ0v) is 22.4. The molecule has 204 valence electrons. The summed E-state index contributed by atoms with van der Waals surface area (Å²) in [5.41, 5.74) is 1.29. The van der Waals surface area contributed by atoms with Crippen LogP contribution < -0.4 is 9.47 Å². The van der Waals surface area contributed by atoms with Crippen molar-refractivity contribution in [3.8, 4) is 11.5 Å². The Bertz CT molecular complexity index is 1120. The Morgan fingerprint density at radius 1 is 0.947 bits per heavy atom. The molecule has 2 fully saturated rings. The molecule has 0 radical (unpaired) electrons. The highest BCUT2D eigenvalue weighted by Crippen LogP contribution is 2.40. The van der Waals surface area contributed by atoms with Gasteiger partial charge in [-0.3, -0.25) is 14.5 Å². The van der Waals surface area contributed by atoms with Crippen molar-refractivity contribution in [1.82, 2.24) is 9.80 Å². The van der Waals surface area contributed by atoms with Gasteiger partial charge in [0.25, 0.3) is 11.7 Å². The number of aliphatic hydroxyl groups excluding tert-OH is 1. The molecule has 1 N–H and O–H groups in total. The number of amides is 1. The normalized spacial score (nSPS) is 19.6. The van der Waals surface area contributed by atoms with E-state index in [-0.39, 0.29) is 11.3 Å². The Kier molecular flexibility index (Phi) is 9.79. The number of aliphatic hydroxyl groups is 1. The molecule has 2 saturated heterocycles. The lowest BCUT2D eigenvalue weighted by molar-refractivity contribution is -0.140. The standard InChI is InChI=1S/C30H38N2O6/c1-3-17-37-24-11-9-22(10-12-24)27-26(28(33)23-7-5-8-25(21-23)38-18-4-2)29(34)30(35)32(27)14-6-13-31-15-19-36-20-16-31/h5,7-12,21,27,33H,3-4,6,13-20H2,1-2H3. The number of hydrogen-bond acceptors (Lipinski definition) is 7. The molecule has 0 aliphatic carbocycles. The number of hydrogen-bond donors (Lipinski definition) is 1. The van der Waals surface area contributed by atoms with Crippen LogP contribution in [0.15, 0.2) is 54.1 Å². The molecule has 0 aromatic heterocycles. The SMILES string of the molecule is CCCOc1ccc(C2C(=C(O)c3cccc(OCCC)c3)C(=O)C(=O)N2CCCN2CCOCC2)cc1. The molecule has 8 heteroatoms. The van der Waals surface area contributed by atoms with Crippen LogP contribution in [0.5, 0.6) is 11.5 Å². The summed E-state index contributed by atoms with van der Waals surface area (Å²) in [6, 6.07) is 13.7. The number of benzene rings is 2. The van der Waals surface area contributed by atoms with Gasteiger partial charge in [0.05, 0.1) is 38.0 Å². The van der Waals surface area contributed by atoms with Crippen molar-refractivity contribution in [1.29, 1.82) is 0 Å². The van der Waals surface area contributed by atoms with Gasteiger partial charge < -0.3 is 24.2 Å². The summed E-state index contributed by atoms with van der Waals surface area (Å²) in [5, 5.41) is 11.4. The van der Waals surface area contributed by atoms with Gasteiger partial charge in [-0.05, 0) is 49.1 Å². The summed E-state index contributed by atoms with van der Waals surface area (Å²) < 4.78 is 16.9. The van der Waals surface area contributed by atoms with E-state index in [0.717, 1.165) is 43.8 Å². The number of ketones is 1. The lowest BCUT2D eigenvalue weighted by Crippen LogP contribution is -2.38. The number of morpholine rings is 1. The van der Waals surface area contributed by atoms with Crippen molar-refractivity contribution >= 4 is 17.4 Å². The molecule has 0 spiro atoms. The van der Waals surface area contributed by atoms with Crippen LogP contribution in [0.2, 0.25) is 0 Å². The van der Waals surface area contributed by atoms with Gasteiger partial charge in [0.15, 0.2) is 0 Å². The fourth-order valence-corrected chi connectivity index (χ4v) is 4.82. The van der Waals surface area contributed by atoms with Crippen LogP contribution >= 0.6 is 0 Å². The van der Waals surface area contributed by atoms with E-state index < -0.39 is 17.7 Å². The largest absolute Gasteiger partial charge is 0.507 e. The highest BCUT2D eigenvalue weighted by molar-refractivity contribution is 6.46. The molecule has 1 atom stereocenters. The van der Waals surface area contributed by atoms with Gasteiger partial charge in [-0.1, -0.05) is 38.1 Å². The van der Waals surface area contributed by atoms with Crippen molar-refractivity contribution in [2.75, 3.05) is 52.6 Å². The first-order valence-corrected chi connectivity index (χ1v) is 13.6. The Morgan fingerprint density at radius 3 is 2.32 bits per heavy atom. The maximum atomic E-state index is 13.4. The summed E-state index contributed by atoms with van der Waals surface area (Å²) in [6.07, 6.45) is 2.46. The summed E-state index contributed by atoms with van der Waals surface area (Å²) in [7, 11) is 0. The van der Waals surface area contributed by atoms with E-state index in [4.69, 9.17) is 14.2 Å². The molecular weight excluding hydrogens is 484 g/mol. The fourth-order valence-electron chi connectivity index (χ4n) is 4.82. The topological polar surface area (TPSA) is 88.5 Å². The van der Waals surface area contributed by atoms with E-state index in [2.05, 4.69) is 4.90 Å². The lowest BCUT2D eigenvalue weighted by atomic mass is 9.95. The van der Waals surface area contributed by atoms with Gasteiger partial charge in [0, 0.05) is 31.7 Å². The maximum absolute atomic E-state index is 13.4. The van der Waals surface area contributed by atoms with Gasteiger partial charge in [0.2, 0.25) is 0 Å². The third kappa shape index (κ3) is 6.55. The highest BCUT2D eigenvalue weighted by Gasteiger charge is 2.45. The zero-order valence-electron chi connectivity index (χ0n) is 22.4. The van der Waals surface area contributed by atoms with E-state index in [0.29, 0.717) is 50.7 Å². The first-order valence-electron chi connectivity index (χ1n) is 13.6. The maximum Gasteiger partial charge on any atom is 0.295 e. The van der Waals surface area contributed by atoms with E-state index in [1.54, 1.807) is 23.1 Å². The molecule has 38 heavy (non-hydrogen) atoms. The summed E-state index contributed by atoms with van der Waals surface area (Å²) >= 11 is 0. The number of carbonyl (C=O) groups excluding carboxylic acids is 2. The molecule has 2 aromatic carbocycles. The quantitative estimate of drug-likeness (QED) is 0.251. The third-order valence-corrected chi connectivity index (χ3v) is 6.77. The first kappa shape index (κ1) is 27.7. The van der Waals surface area contributed by atoms with Crippen molar-refractivity contribution in [2.24, 2.45) is 0 Å². The van der Waals surface area contributed by atoms with E-state index in [1.807, 2.05) is 44.2 Å². The molecule has 8 nitrogen and oxygen atoms in total.